The van der Waals surface area contributed by atoms with Crippen LogP contribution in [0.1, 0.15) is 26.3 Å². The van der Waals surface area contributed by atoms with Crippen molar-refractivity contribution in [3.63, 3.8) is 0 Å². The van der Waals surface area contributed by atoms with E-state index < -0.39 is 5.60 Å². The molecule has 1 atom stereocenters. The molecule has 3 nitrogen and oxygen atoms in total. The summed E-state index contributed by atoms with van der Waals surface area (Å²) in [7, 11) is 1.82. The van der Waals surface area contributed by atoms with Crippen LogP contribution in [0.2, 0.25) is 0 Å². The molecule has 0 aromatic heterocycles. The van der Waals surface area contributed by atoms with Crippen molar-refractivity contribution in [1.29, 1.82) is 0 Å². The molecule has 3 heteroatoms. The fourth-order valence-electron chi connectivity index (χ4n) is 1.62. The van der Waals surface area contributed by atoms with E-state index in [1.54, 1.807) is 6.92 Å². The third-order valence-corrected chi connectivity index (χ3v) is 2.35. The van der Waals surface area contributed by atoms with Crippen molar-refractivity contribution in [2.45, 2.75) is 32.5 Å². The quantitative estimate of drug-likeness (QED) is 0.801. The average molecular weight is 223 g/mol. The molecule has 16 heavy (non-hydrogen) atoms. The van der Waals surface area contributed by atoms with Gasteiger partial charge in [0.25, 0.3) is 0 Å². The fraction of sp³-hybridized carbons (Fsp3) is 0.538. The Bertz CT molecular complexity index is 334. The molecule has 0 amide bonds. The van der Waals surface area contributed by atoms with Crippen molar-refractivity contribution < 1.29 is 9.84 Å². The zero-order valence-corrected chi connectivity index (χ0v) is 10.4. The number of nitrogens with one attached hydrogen (secondary N) is 1. The molecule has 0 fully saturated rings. The first-order chi connectivity index (χ1) is 7.45. The van der Waals surface area contributed by atoms with Crippen molar-refractivity contribution in [2.75, 3.05) is 13.6 Å². The molecule has 0 saturated heterocycles. The van der Waals surface area contributed by atoms with Gasteiger partial charge in [0.2, 0.25) is 0 Å². The summed E-state index contributed by atoms with van der Waals surface area (Å²) in [5, 5.41) is 13.2. The summed E-state index contributed by atoms with van der Waals surface area (Å²) < 4.78 is 5.60. The Morgan fingerprint density at radius 1 is 1.44 bits per heavy atom. The van der Waals surface area contributed by atoms with Gasteiger partial charge >= 0.3 is 0 Å². The Hall–Kier alpha value is -1.06. The highest BCUT2D eigenvalue weighted by Crippen LogP contribution is 2.24. The molecule has 0 saturated carbocycles. The van der Waals surface area contributed by atoms with Gasteiger partial charge in [0.05, 0.1) is 11.7 Å². The number of rotatable bonds is 5. The summed E-state index contributed by atoms with van der Waals surface area (Å²) in [5.41, 5.74) is -0.00883. The molecule has 0 bridgehead atoms. The standard InChI is InChI=1S/C13H21NO2/c1-10(2)16-12-7-5-6-11(8-12)13(3,15)9-14-4/h5-8,10,14-15H,9H2,1-4H3. The highest BCUT2D eigenvalue weighted by molar-refractivity contribution is 5.32. The van der Waals surface area contributed by atoms with Gasteiger partial charge in [0, 0.05) is 6.54 Å². The van der Waals surface area contributed by atoms with Crippen molar-refractivity contribution in [3.05, 3.63) is 29.8 Å². The van der Waals surface area contributed by atoms with Gasteiger partial charge in [-0.1, -0.05) is 12.1 Å². The van der Waals surface area contributed by atoms with Crippen molar-refractivity contribution in [3.8, 4) is 5.75 Å². The van der Waals surface area contributed by atoms with Crippen LogP contribution >= 0.6 is 0 Å². The number of hydrogen-bond donors (Lipinski definition) is 2. The third kappa shape index (κ3) is 3.51. The van der Waals surface area contributed by atoms with Gasteiger partial charge in [-0.2, -0.15) is 0 Å². The number of ether oxygens (including phenoxy) is 1. The van der Waals surface area contributed by atoms with E-state index in [0.717, 1.165) is 11.3 Å². The Morgan fingerprint density at radius 3 is 2.69 bits per heavy atom. The Labute approximate surface area is 97.4 Å². The van der Waals surface area contributed by atoms with E-state index in [4.69, 9.17) is 4.74 Å². The Morgan fingerprint density at radius 2 is 2.12 bits per heavy atom. The van der Waals surface area contributed by atoms with Crippen LogP contribution in [0.5, 0.6) is 5.75 Å². The van der Waals surface area contributed by atoms with Gasteiger partial charge in [-0.3, -0.25) is 0 Å². The first-order valence-electron chi connectivity index (χ1n) is 5.60. The minimum absolute atomic E-state index is 0.143. The predicted molar refractivity (Wildman–Crippen MR) is 65.7 cm³/mol. The molecule has 0 aliphatic rings. The summed E-state index contributed by atoms with van der Waals surface area (Å²) in [6.45, 7) is 6.27. The Kier molecular flexibility index (Phi) is 4.33. The molecule has 1 aromatic carbocycles. The molecule has 1 aromatic rings. The summed E-state index contributed by atoms with van der Waals surface area (Å²) in [6, 6.07) is 7.60. The second-order valence-electron chi connectivity index (χ2n) is 4.50. The molecule has 2 N–H and O–H groups in total. The van der Waals surface area contributed by atoms with Gasteiger partial charge in [-0.05, 0) is 45.5 Å². The van der Waals surface area contributed by atoms with Crippen LogP contribution in [0.4, 0.5) is 0 Å². The average Bonchev–Trinajstić information content (AvgIpc) is 2.17. The zero-order chi connectivity index (χ0) is 12.2. The van der Waals surface area contributed by atoms with Crippen molar-refractivity contribution in [2.24, 2.45) is 0 Å². The molecule has 90 valence electrons. The summed E-state index contributed by atoms with van der Waals surface area (Å²) in [4.78, 5) is 0. The largest absolute Gasteiger partial charge is 0.491 e. The Balaban J connectivity index is 2.89. The van der Waals surface area contributed by atoms with Crippen molar-refractivity contribution >= 4 is 0 Å². The molecule has 0 spiro atoms. The number of benzene rings is 1. The molecule has 0 radical (unpaired) electrons. The summed E-state index contributed by atoms with van der Waals surface area (Å²) in [5.74, 6) is 0.795. The topological polar surface area (TPSA) is 41.5 Å². The molecule has 0 aliphatic carbocycles. The number of aliphatic hydroxyl groups is 1. The minimum Gasteiger partial charge on any atom is -0.491 e. The summed E-state index contributed by atoms with van der Waals surface area (Å²) in [6.07, 6.45) is 0.143. The molecule has 1 rings (SSSR count). The van der Waals surface area contributed by atoms with E-state index in [-0.39, 0.29) is 6.10 Å². The SMILES string of the molecule is CNCC(C)(O)c1cccc(OC(C)C)c1. The van der Waals surface area contributed by atoms with Crippen LogP contribution in [-0.4, -0.2) is 24.8 Å². The van der Waals surface area contributed by atoms with Crippen LogP contribution in [0.15, 0.2) is 24.3 Å². The van der Waals surface area contributed by atoms with E-state index in [0.29, 0.717) is 6.54 Å². The van der Waals surface area contributed by atoms with Crippen LogP contribution < -0.4 is 10.1 Å². The smallest absolute Gasteiger partial charge is 0.120 e. The molecular weight excluding hydrogens is 202 g/mol. The van der Waals surface area contributed by atoms with E-state index in [1.807, 2.05) is 45.2 Å². The second kappa shape index (κ2) is 5.32. The van der Waals surface area contributed by atoms with E-state index in [9.17, 15) is 5.11 Å². The van der Waals surface area contributed by atoms with Gasteiger partial charge in [-0.15, -0.1) is 0 Å². The minimum atomic E-state index is -0.870. The lowest BCUT2D eigenvalue weighted by molar-refractivity contribution is 0.0587. The van der Waals surface area contributed by atoms with Gasteiger partial charge in [0.15, 0.2) is 0 Å². The monoisotopic (exact) mass is 223 g/mol. The summed E-state index contributed by atoms with van der Waals surface area (Å²) >= 11 is 0. The number of hydrogen-bond acceptors (Lipinski definition) is 3. The normalized spacial score (nSPS) is 14.9. The van der Waals surface area contributed by atoms with Crippen LogP contribution in [0, 0.1) is 0 Å². The molecule has 1 unspecified atom stereocenters. The molecule has 0 aliphatic heterocycles. The lowest BCUT2D eigenvalue weighted by Crippen LogP contribution is -2.33. The maximum atomic E-state index is 10.2. The van der Waals surface area contributed by atoms with E-state index >= 15 is 0 Å². The van der Waals surface area contributed by atoms with Crippen LogP contribution in [0.25, 0.3) is 0 Å². The maximum Gasteiger partial charge on any atom is 0.120 e. The lowest BCUT2D eigenvalue weighted by Gasteiger charge is -2.24. The highest BCUT2D eigenvalue weighted by atomic mass is 16.5. The van der Waals surface area contributed by atoms with Crippen LogP contribution in [0.3, 0.4) is 0 Å². The van der Waals surface area contributed by atoms with E-state index in [2.05, 4.69) is 5.32 Å². The third-order valence-electron chi connectivity index (χ3n) is 2.35. The predicted octanol–water partition coefficient (Wildman–Crippen LogP) is 1.90. The maximum absolute atomic E-state index is 10.2. The first kappa shape index (κ1) is 13.0. The van der Waals surface area contributed by atoms with Gasteiger partial charge in [-0.25, -0.2) is 0 Å². The molecular formula is C13H21NO2. The van der Waals surface area contributed by atoms with Crippen molar-refractivity contribution in [1.82, 2.24) is 5.32 Å². The molecule has 0 heterocycles. The van der Waals surface area contributed by atoms with Gasteiger partial charge < -0.3 is 15.2 Å². The van der Waals surface area contributed by atoms with E-state index in [1.165, 1.54) is 0 Å². The van der Waals surface area contributed by atoms with Gasteiger partial charge in [0.1, 0.15) is 5.75 Å². The fourth-order valence-corrected chi connectivity index (χ4v) is 1.62. The van der Waals surface area contributed by atoms with Crippen LogP contribution in [-0.2, 0) is 5.60 Å². The lowest BCUT2D eigenvalue weighted by atomic mass is 9.96. The zero-order valence-electron chi connectivity index (χ0n) is 10.4. The number of likely N-dealkylation sites (N-methyl/N-ethyl adjacent to an activating group) is 1. The second-order valence-corrected chi connectivity index (χ2v) is 4.50. The highest BCUT2D eigenvalue weighted by Gasteiger charge is 2.22. The first-order valence-corrected chi connectivity index (χ1v) is 5.60.